The molecule has 0 radical (unpaired) electrons. The second-order valence-electron chi connectivity index (χ2n) is 4.52. The summed E-state index contributed by atoms with van der Waals surface area (Å²) in [5.74, 6) is -0.374. The number of nitrogens with one attached hydrogen (secondary N) is 1. The van der Waals surface area contributed by atoms with Crippen LogP contribution in [0.3, 0.4) is 0 Å². The summed E-state index contributed by atoms with van der Waals surface area (Å²) < 4.78 is 4.79. The summed E-state index contributed by atoms with van der Waals surface area (Å²) in [7, 11) is 2.88. The number of hydrogen-bond donors (Lipinski definition) is 2. The number of esters is 1. The Kier molecular flexibility index (Phi) is 3.65. The fraction of sp³-hybridized carbons (Fsp3) is 0.286. The van der Waals surface area contributed by atoms with Gasteiger partial charge in [-0.25, -0.2) is 9.59 Å². The van der Waals surface area contributed by atoms with Crippen LogP contribution in [0.25, 0.3) is 0 Å². The summed E-state index contributed by atoms with van der Waals surface area (Å²) in [5, 5.41) is 12.1. The van der Waals surface area contributed by atoms with Crippen molar-refractivity contribution in [3.63, 3.8) is 0 Å². The van der Waals surface area contributed by atoms with Crippen LogP contribution in [-0.2, 0) is 9.53 Å². The van der Waals surface area contributed by atoms with E-state index in [-0.39, 0.29) is 11.8 Å². The van der Waals surface area contributed by atoms with Crippen molar-refractivity contribution < 1.29 is 19.4 Å². The van der Waals surface area contributed by atoms with Crippen molar-refractivity contribution in [2.75, 3.05) is 14.2 Å². The van der Waals surface area contributed by atoms with Crippen LogP contribution in [0.1, 0.15) is 18.5 Å². The van der Waals surface area contributed by atoms with Gasteiger partial charge in [-0.1, -0.05) is 12.1 Å². The summed E-state index contributed by atoms with van der Waals surface area (Å²) in [5.41, 5.74) is 1.61. The van der Waals surface area contributed by atoms with E-state index in [0.29, 0.717) is 16.8 Å². The molecule has 1 aliphatic rings. The van der Waals surface area contributed by atoms with Gasteiger partial charge >= 0.3 is 12.0 Å². The van der Waals surface area contributed by atoms with Crippen LogP contribution in [0, 0.1) is 0 Å². The Morgan fingerprint density at radius 2 is 1.95 bits per heavy atom. The fourth-order valence-corrected chi connectivity index (χ4v) is 2.13. The first-order valence-electron chi connectivity index (χ1n) is 6.08. The van der Waals surface area contributed by atoms with Gasteiger partial charge in [0.15, 0.2) is 0 Å². The number of phenols is 1. The third-order valence-electron chi connectivity index (χ3n) is 3.39. The highest BCUT2D eigenvalue weighted by Crippen LogP contribution is 2.31. The van der Waals surface area contributed by atoms with Gasteiger partial charge in [0.1, 0.15) is 5.75 Å². The van der Waals surface area contributed by atoms with Crippen molar-refractivity contribution in [1.82, 2.24) is 10.2 Å². The first-order valence-corrected chi connectivity index (χ1v) is 6.08. The van der Waals surface area contributed by atoms with Crippen molar-refractivity contribution in [2.45, 2.75) is 13.0 Å². The molecule has 0 saturated carbocycles. The van der Waals surface area contributed by atoms with Gasteiger partial charge in [0.05, 0.1) is 18.7 Å². The summed E-state index contributed by atoms with van der Waals surface area (Å²) in [6, 6.07) is 5.43. The van der Waals surface area contributed by atoms with Crippen molar-refractivity contribution >= 4 is 12.0 Å². The minimum absolute atomic E-state index is 0.119. The molecule has 1 aromatic carbocycles. The van der Waals surface area contributed by atoms with E-state index < -0.39 is 12.0 Å². The van der Waals surface area contributed by atoms with E-state index in [9.17, 15) is 14.7 Å². The molecule has 0 aromatic heterocycles. The Hall–Kier alpha value is -2.50. The lowest BCUT2D eigenvalue weighted by Crippen LogP contribution is -2.46. The number of aromatic hydroxyl groups is 1. The standard InChI is InChI=1S/C14H16N2O4/c1-8-11(13(18)20-3)12(15-14(19)16(8)2)9-4-6-10(17)7-5-9/h4-7,12,17H,1-3H3,(H,15,19). The maximum Gasteiger partial charge on any atom is 0.337 e. The molecular weight excluding hydrogens is 260 g/mol. The smallest absolute Gasteiger partial charge is 0.337 e. The van der Waals surface area contributed by atoms with E-state index in [1.807, 2.05) is 0 Å². The quantitative estimate of drug-likeness (QED) is 0.803. The van der Waals surface area contributed by atoms with Gasteiger partial charge in [0.25, 0.3) is 0 Å². The largest absolute Gasteiger partial charge is 0.508 e. The van der Waals surface area contributed by atoms with Crippen molar-refractivity contribution in [3.05, 3.63) is 41.1 Å². The second-order valence-corrected chi connectivity index (χ2v) is 4.52. The van der Waals surface area contributed by atoms with E-state index in [2.05, 4.69) is 5.32 Å². The number of nitrogens with zero attached hydrogens (tertiary/aromatic N) is 1. The molecule has 2 amide bonds. The summed E-state index contributed by atoms with van der Waals surface area (Å²) >= 11 is 0. The minimum Gasteiger partial charge on any atom is -0.508 e. The third kappa shape index (κ3) is 2.32. The monoisotopic (exact) mass is 276 g/mol. The predicted octanol–water partition coefficient (Wildman–Crippen LogP) is 1.54. The summed E-state index contributed by atoms with van der Waals surface area (Å²) in [6.07, 6.45) is 0. The lowest BCUT2D eigenvalue weighted by molar-refractivity contribution is -0.136. The van der Waals surface area contributed by atoms with Crippen molar-refractivity contribution in [3.8, 4) is 5.75 Å². The number of urea groups is 1. The van der Waals surface area contributed by atoms with E-state index in [0.717, 1.165) is 0 Å². The number of phenolic OH excluding ortho intramolecular Hbond substituents is 1. The average Bonchev–Trinajstić information content (AvgIpc) is 2.44. The molecule has 0 bridgehead atoms. The molecule has 1 unspecified atom stereocenters. The molecule has 1 atom stereocenters. The number of carbonyl (C=O) groups excluding carboxylic acids is 2. The Balaban J connectivity index is 2.51. The molecule has 0 fully saturated rings. The first kappa shape index (κ1) is 13.9. The lowest BCUT2D eigenvalue weighted by atomic mass is 9.95. The molecule has 6 nitrogen and oxygen atoms in total. The van der Waals surface area contributed by atoms with Crippen LogP contribution in [0.4, 0.5) is 4.79 Å². The Labute approximate surface area is 116 Å². The Morgan fingerprint density at radius 3 is 2.50 bits per heavy atom. The zero-order valence-electron chi connectivity index (χ0n) is 11.5. The molecule has 6 heteroatoms. The zero-order chi connectivity index (χ0) is 14.9. The molecular formula is C14H16N2O4. The second kappa shape index (κ2) is 5.24. The maximum absolute atomic E-state index is 12.0. The van der Waals surface area contributed by atoms with Crippen LogP contribution in [0.15, 0.2) is 35.5 Å². The van der Waals surface area contributed by atoms with Crippen LogP contribution >= 0.6 is 0 Å². The van der Waals surface area contributed by atoms with Gasteiger partial charge in [0.2, 0.25) is 0 Å². The molecule has 2 N–H and O–H groups in total. The molecule has 106 valence electrons. The number of allylic oxidation sites excluding steroid dienone is 1. The topological polar surface area (TPSA) is 78.9 Å². The zero-order valence-corrected chi connectivity index (χ0v) is 11.5. The van der Waals surface area contributed by atoms with E-state index in [4.69, 9.17) is 4.74 Å². The average molecular weight is 276 g/mol. The molecule has 0 saturated heterocycles. The van der Waals surface area contributed by atoms with Gasteiger partial charge in [-0.2, -0.15) is 0 Å². The number of methoxy groups -OCH3 is 1. The first-order chi connectivity index (χ1) is 9.45. The highest BCUT2D eigenvalue weighted by molar-refractivity contribution is 5.94. The normalized spacial score (nSPS) is 18.9. The molecule has 1 heterocycles. The number of carbonyl (C=O) groups is 2. The van der Waals surface area contributed by atoms with E-state index in [1.54, 1.807) is 26.1 Å². The number of amides is 2. The number of ether oxygens (including phenoxy) is 1. The molecule has 0 spiro atoms. The van der Waals surface area contributed by atoms with Crippen LogP contribution in [0.5, 0.6) is 5.75 Å². The minimum atomic E-state index is -0.591. The fourth-order valence-electron chi connectivity index (χ4n) is 2.13. The van der Waals surface area contributed by atoms with Crippen molar-refractivity contribution in [2.24, 2.45) is 0 Å². The van der Waals surface area contributed by atoms with Gasteiger partial charge < -0.3 is 20.1 Å². The van der Waals surface area contributed by atoms with Gasteiger partial charge in [0, 0.05) is 12.7 Å². The molecule has 1 aromatic rings. The van der Waals surface area contributed by atoms with Crippen LogP contribution in [0.2, 0.25) is 0 Å². The third-order valence-corrected chi connectivity index (χ3v) is 3.39. The number of rotatable bonds is 2. The highest BCUT2D eigenvalue weighted by atomic mass is 16.5. The van der Waals surface area contributed by atoms with Gasteiger partial charge in [-0.05, 0) is 24.6 Å². The maximum atomic E-state index is 12.0. The van der Waals surface area contributed by atoms with Crippen LogP contribution < -0.4 is 5.32 Å². The molecule has 20 heavy (non-hydrogen) atoms. The number of benzene rings is 1. The van der Waals surface area contributed by atoms with E-state index >= 15 is 0 Å². The summed E-state index contributed by atoms with van der Waals surface area (Å²) in [4.78, 5) is 25.2. The van der Waals surface area contributed by atoms with Crippen LogP contribution in [-0.4, -0.2) is 36.2 Å². The van der Waals surface area contributed by atoms with Crippen molar-refractivity contribution in [1.29, 1.82) is 0 Å². The Morgan fingerprint density at radius 1 is 1.35 bits per heavy atom. The van der Waals surface area contributed by atoms with Gasteiger partial charge in [-0.3, -0.25) is 0 Å². The number of hydrogen-bond acceptors (Lipinski definition) is 4. The highest BCUT2D eigenvalue weighted by Gasteiger charge is 2.34. The SMILES string of the molecule is COC(=O)C1=C(C)N(C)C(=O)NC1c1ccc(O)cc1. The molecule has 1 aliphatic heterocycles. The van der Waals surface area contributed by atoms with E-state index in [1.165, 1.54) is 24.1 Å². The molecule has 0 aliphatic carbocycles. The van der Waals surface area contributed by atoms with Gasteiger partial charge in [-0.15, -0.1) is 0 Å². The Bertz CT molecular complexity index is 577. The lowest BCUT2D eigenvalue weighted by Gasteiger charge is -2.33. The predicted molar refractivity (Wildman–Crippen MR) is 71.9 cm³/mol. The summed E-state index contributed by atoms with van der Waals surface area (Å²) in [6.45, 7) is 1.69. The molecule has 2 rings (SSSR count).